The van der Waals surface area contributed by atoms with Gasteiger partial charge in [-0.3, -0.25) is 0 Å². The third-order valence-electron chi connectivity index (χ3n) is 2.71. The molecule has 0 aromatic heterocycles. The van der Waals surface area contributed by atoms with Gasteiger partial charge in [0.15, 0.2) is 0 Å². The third kappa shape index (κ3) is 4.21. The van der Waals surface area contributed by atoms with E-state index in [2.05, 4.69) is 13.8 Å². The predicted molar refractivity (Wildman–Crippen MR) is 72.1 cm³/mol. The fraction of sp³-hybridized carbons (Fsp3) is 0.571. The van der Waals surface area contributed by atoms with E-state index in [9.17, 15) is 5.11 Å². The lowest BCUT2D eigenvalue weighted by molar-refractivity contribution is 0.155. The van der Waals surface area contributed by atoms with Crippen LogP contribution in [0.5, 0.6) is 5.75 Å². The fourth-order valence-electron chi connectivity index (χ4n) is 1.61. The van der Waals surface area contributed by atoms with E-state index in [1.165, 1.54) is 0 Å². The third-order valence-corrected chi connectivity index (χ3v) is 3.04. The molecule has 0 saturated heterocycles. The zero-order chi connectivity index (χ0) is 13.0. The Morgan fingerprint density at radius 2 is 1.94 bits per heavy atom. The van der Waals surface area contributed by atoms with Gasteiger partial charge >= 0.3 is 0 Å². The van der Waals surface area contributed by atoms with Gasteiger partial charge in [-0.2, -0.15) is 0 Å². The van der Waals surface area contributed by atoms with Crippen LogP contribution in [0.3, 0.4) is 0 Å². The van der Waals surface area contributed by atoms with Gasteiger partial charge in [-0.25, -0.2) is 0 Å². The Morgan fingerprint density at radius 1 is 1.29 bits per heavy atom. The van der Waals surface area contributed by atoms with Crippen molar-refractivity contribution in [2.24, 2.45) is 0 Å². The van der Waals surface area contributed by atoms with E-state index in [4.69, 9.17) is 16.3 Å². The maximum atomic E-state index is 9.19. The number of rotatable bonds is 5. The minimum Gasteiger partial charge on any atom is -0.493 e. The molecule has 0 aliphatic heterocycles. The van der Waals surface area contributed by atoms with Crippen molar-refractivity contribution in [1.29, 1.82) is 0 Å². The minimum atomic E-state index is -0.327. The van der Waals surface area contributed by atoms with E-state index in [0.29, 0.717) is 18.9 Å². The largest absolute Gasteiger partial charge is 0.493 e. The molecule has 1 aromatic rings. The average molecular weight is 257 g/mol. The van der Waals surface area contributed by atoms with E-state index in [1.54, 1.807) is 6.92 Å². The first-order valence-corrected chi connectivity index (χ1v) is 6.40. The molecule has 96 valence electrons. The summed E-state index contributed by atoms with van der Waals surface area (Å²) in [5.74, 6) is 1.24. The van der Waals surface area contributed by atoms with Crippen LogP contribution in [0.1, 0.15) is 44.2 Å². The van der Waals surface area contributed by atoms with Crippen LogP contribution in [0, 0.1) is 6.92 Å². The summed E-state index contributed by atoms with van der Waals surface area (Å²) in [6.07, 6.45) is 0.311. The van der Waals surface area contributed by atoms with Crippen molar-refractivity contribution < 1.29 is 9.84 Å². The molecule has 0 bridgehead atoms. The smallest absolute Gasteiger partial charge is 0.122 e. The lowest BCUT2D eigenvalue weighted by atomic mass is 10.0. The Kier molecular flexibility index (Phi) is 5.29. The van der Waals surface area contributed by atoms with Gasteiger partial charge in [0.25, 0.3) is 0 Å². The van der Waals surface area contributed by atoms with Crippen LogP contribution in [0.4, 0.5) is 0 Å². The number of ether oxygens (including phenoxy) is 1. The number of aryl methyl sites for hydroxylation is 1. The van der Waals surface area contributed by atoms with Crippen LogP contribution in [-0.2, 0) is 0 Å². The van der Waals surface area contributed by atoms with E-state index >= 15 is 0 Å². The summed E-state index contributed by atoms with van der Waals surface area (Å²) in [6, 6.07) is 3.94. The van der Waals surface area contributed by atoms with Crippen LogP contribution >= 0.6 is 11.6 Å². The highest BCUT2D eigenvalue weighted by Crippen LogP contribution is 2.31. The molecule has 1 atom stereocenters. The Hall–Kier alpha value is -0.730. The Labute approximate surface area is 109 Å². The van der Waals surface area contributed by atoms with E-state index < -0.39 is 0 Å². The Bertz CT molecular complexity index is 373. The zero-order valence-corrected chi connectivity index (χ0v) is 11.7. The molecule has 0 spiro atoms. The van der Waals surface area contributed by atoms with Crippen LogP contribution in [0.15, 0.2) is 12.1 Å². The molecule has 0 amide bonds. The summed E-state index contributed by atoms with van der Waals surface area (Å²) in [5, 5.41) is 9.98. The molecule has 0 saturated carbocycles. The van der Waals surface area contributed by atoms with Crippen molar-refractivity contribution in [3.05, 3.63) is 28.3 Å². The summed E-state index contributed by atoms with van der Waals surface area (Å²) in [4.78, 5) is 0. The molecule has 1 N–H and O–H groups in total. The summed E-state index contributed by atoms with van der Waals surface area (Å²) >= 11 is 6.19. The van der Waals surface area contributed by atoms with Gasteiger partial charge in [0.1, 0.15) is 5.75 Å². The van der Waals surface area contributed by atoms with E-state index in [-0.39, 0.29) is 6.10 Å². The van der Waals surface area contributed by atoms with Gasteiger partial charge in [0.05, 0.1) is 12.7 Å². The highest BCUT2D eigenvalue weighted by Gasteiger charge is 2.10. The molecule has 0 heterocycles. The number of halogens is 1. The highest BCUT2D eigenvalue weighted by atomic mass is 35.5. The first kappa shape index (κ1) is 14.3. The molecule has 0 fully saturated rings. The van der Waals surface area contributed by atoms with Gasteiger partial charge in [-0.05, 0) is 43.0 Å². The molecule has 0 radical (unpaired) electrons. The lowest BCUT2D eigenvalue weighted by Crippen LogP contribution is -2.08. The monoisotopic (exact) mass is 256 g/mol. The van der Waals surface area contributed by atoms with Crippen LogP contribution in [-0.4, -0.2) is 17.8 Å². The van der Waals surface area contributed by atoms with Crippen LogP contribution in [0.2, 0.25) is 5.02 Å². The molecule has 2 nitrogen and oxygen atoms in total. The van der Waals surface area contributed by atoms with Gasteiger partial charge in [-0.1, -0.05) is 25.4 Å². The fourth-order valence-corrected chi connectivity index (χ4v) is 2.04. The Balaban J connectivity index is 2.81. The lowest BCUT2D eigenvalue weighted by Gasteiger charge is -2.15. The molecule has 17 heavy (non-hydrogen) atoms. The van der Waals surface area contributed by atoms with E-state index in [0.717, 1.165) is 21.9 Å². The molecule has 0 aliphatic carbocycles. The molecular formula is C14H21ClO2. The number of aliphatic hydroxyl groups excluding tert-OH is 1. The molecule has 3 heteroatoms. The van der Waals surface area contributed by atoms with Crippen molar-refractivity contribution >= 4 is 11.6 Å². The SMILES string of the molecule is Cc1cc(Cl)c(C(C)C)cc1OCCC(C)O. The Morgan fingerprint density at radius 3 is 2.47 bits per heavy atom. The molecular weight excluding hydrogens is 236 g/mol. The summed E-state index contributed by atoms with van der Waals surface area (Å²) in [5.41, 5.74) is 2.13. The van der Waals surface area contributed by atoms with Gasteiger partial charge in [0.2, 0.25) is 0 Å². The van der Waals surface area contributed by atoms with E-state index in [1.807, 2.05) is 19.1 Å². The van der Waals surface area contributed by atoms with Crippen LogP contribution in [0.25, 0.3) is 0 Å². The second-order valence-electron chi connectivity index (χ2n) is 4.78. The molecule has 1 rings (SSSR count). The summed E-state index contributed by atoms with van der Waals surface area (Å²) < 4.78 is 5.67. The first-order valence-electron chi connectivity index (χ1n) is 6.02. The normalized spacial score (nSPS) is 12.9. The zero-order valence-electron chi connectivity index (χ0n) is 11.0. The molecule has 0 aliphatic rings. The second kappa shape index (κ2) is 6.27. The number of hydrogen-bond acceptors (Lipinski definition) is 2. The van der Waals surface area contributed by atoms with Crippen molar-refractivity contribution in [3.63, 3.8) is 0 Å². The van der Waals surface area contributed by atoms with Crippen molar-refractivity contribution in [1.82, 2.24) is 0 Å². The topological polar surface area (TPSA) is 29.5 Å². The second-order valence-corrected chi connectivity index (χ2v) is 5.19. The van der Waals surface area contributed by atoms with Gasteiger partial charge in [0, 0.05) is 11.4 Å². The predicted octanol–water partition coefficient (Wildman–Crippen LogP) is 3.92. The summed E-state index contributed by atoms with van der Waals surface area (Å²) in [7, 11) is 0. The minimum absolute atomic E-state index is 0.327. The number of aliphatic hydroxyl groups is 1. The van der Waals surface area contributed by atoms with Gasteiger partial charge in [-0.15, -0.1) is 0 Å². The number of hydrogen-bond donors (Lipinski definition) is 1. The summed E-state index contributed by atoms with van der Waals surface area (Å²) in [6.45, 7) is 8.48. The van der Waals surface area contributed by atoms with Crippen molar-refractivity contribution in [2.45, 2.75) is 46.1 Å². The standard InChI is InChI=1S/C14H21ClO2/c1-9(2)12-8-14(10(3)7-13(12)15)17-6-5-11(4)16/h7-9,11,16H,5-6H2,1-4H3. The average Bonchev–Trinajstić information content (AvgIpc) is 2.20. The number of benzene rings is 1. The van der Waals surface area contributed by atoms with Gasteiger partial charge < -0.3 is 9.84 Å². The van der Waals surface area contributed by atoms with Crippen molar-refractivity contribution in [2.75, 3.05) is 6.61 Å². The quantitative estimate of drug-likeness (QED) is 0.865. The molecule has 1 unspecified atom stereocenters. The molecule has 1 aromatic carbocycles. The van der Waals surface area contributed by atoms with Crippen molar-refractivity contribution in [3.8, 4) is 5.75 Å². The first-order chi connectivity index (χ1) is 7.91. The highest BCUT2D eigenvalue weighted by molar-refractivity contribution is 6.31. The maximum Gasteiger partial charge on any atom is 0.122 e. The van der Waals surface area contributed by atoms with Crippen LogP contribution < -0.4 is 4.74 Å². The maximum absolute atomic E-state index is 9.19.